The molecule has 0 aliphatic carbocycles. The van der Waals surface area contributed by atoms with Crippen LogP contribution in [0.25, 0.3) is 0 Å². The van der Waals surface area contributed by atoms with Crippen LogP contribution in [-0.4, -0.2) is 62.1 Å². The van der Waals surface area contributed by atoms with E-state index in [9.17, 15) is 19.3 Å². The zero-order valence-corrected chi connectivity index (χ0v) is 12.4. The van der Waals surface area contributed by atoms with Crippen LogP contribution in [0.3, 0.4) is 0 Å². The summed E-state index contributed by atoms with van der Waals surface area (Å²) < 4.78 is 20.3. The number of nitrogens with one attached hydrogen (secondary N) is 1. The molecule has 0 aromatic heterocycles. The molecule has 0 saturated carbocycles. The molecule has 0 aromatic rings. The molecule has 4 N–H and O–H groups in total. The molecule has 0 bridgehead atoms. The number of imide groups is 1. The number of hydrogen-bond acceptors (Lipinski definition) is 7. The largest absolute Gasteiger partial charge is 0.469 e. The fraction of sp³-hybridized carbons (Fsp3) is 0.778. The number of aliphatic hydroxyl groups is 1. The van der Waals surface area contributed by atoms with Crippen molar-refractivity contribution in [3.05, 3.63) is 0 Å². The highest BCUT2D eigenvalue weighted by Crippen LogP contribution is 2.37. The highest BCUT2D eigenvalue weighted by Gasteiger charge is 2.44. The van der Waals surface area contributed by atoms with E-state index in [2.05, 4.69) is 22.5 Å². The Kier molecular flexibility index (Phi) is 4.93. The third-order valence-electron chi connectivity index (χ3n) is 3.09. The first-order valence-corrected chi connectivity index (χ1v) is 8.06. The second-order valence-electron chi connectivity index (χ2n) is 4.66. The van der Waals surface area contributed by atoms with Gasteiger partial charge in [0.25, 0.3) is 0 Å². The standard InChI is InChI=1S/C9H15N2O8PS/c12-4-1-7(19-5(4)3-18-20(15,16)17)11-8(21)2-6(13)10-9(11)14/h4-5,7-8,12,21H,1-3H2,(H,10,13,14)(H2,15,16,17). The Labute approximate surface area is 125 Å². The molecule has 3 amide bonds. The molecular weight excluding hydrogens is 327 g/mol. The van der Waals surface area contributed by atoms with Crippen LogP contribution >= 0.6 is 20.5 Å². The lowest BCUT2D eigenvalue weighted by molar-refractivity contribution is -0.124. The Balaban J connectivity index is 1.98. The minimum Gasteiger partial charge on any atom is -0.390 e. The number of hydrogen-bond donors (Lipinski definition) is 5. The maximum absolute atomic E-state index is 11.8. The predicted molar refractivity (Wildman–Crippen MR) is 70.0 cm³/mol. The smallest absolute Gasteiger partial charge is 0.390 e. The van der Waals surface area contributed by atoms with Gasteiger partial charge in [-0.3, -0.25) is 19.5 Å². The average molecular weight is 342 g/mol. The normalized spacial score (nSPS) is 34.2. The van der Waals surface area contributed by atoms with E-state index < -0.39 is 50.2 Å². The van der Waals surface area contributed by atoms with E-state index in [1.807, 2.05) is 0 Å². The molecule has 21 heavy (non-hydrogen) atoms. The van der Waals surface area contributed by atoms with Crippen LogP contribution < -0.4 is 5.32 Å². The van der Waals surface area contributed by atoms with Crippen LogP contribution in [0, 0.1) is 0 Å². The molecule has 4 atom stereocenters. The zero-order chi connectivity index (χ0) is 15.8. The fourth-order valence-corrected chi connectivity index (χ4v) is 2.92. The molecule has 0 aromatic carbocycles. The van der Waals surface area contributed by atoms with Gasteiger partial charge in [-0.05, 0) is 0 Å². The Hall–Kier alpha value is -0.680. The molecule has 0 radical (unpaired) electrons. The maximum atomic E-state index is 11.8. The molecule has 2 saturated heterocycles. The molecule has 2 aliphatic rings. The van der Waals surface area contributed by atoms with Gasteiger partial charge in [0.2, 0.25) is 5.91 Å². The summed E-state index contributed by atoms with van der Waals surface area (Å²) in [5.41, 5.74) is 0. The third-order valence-corrected chi connectivity index (χ3v) is 4.01. The first kappa shape index (κ1) is 16.7. The maximum Gasteiger partial charge on any atom is 0.469 e. The van der Waals surface area contributed by atoms with Gasteiger partial charge in [-0.1, -0.05) is 0 Å². The predicted octanol–water partition coefficient (Wildman–Crippen LogP) is -1.23. The van der Waals surface area contributed by atoms with Crippen LogP contribution in [0.2, 0.25) is 0 Å². The van der Waals surface area contributed by atoms with E-state index in [0.717, 1.165) is 4.90 Å². The summed E-state index contributed by atoms with van der Waals surface area (Å²) in [6.07, 6.45) is -2.91. The molecule has 12 heteroatoms. The van der Waals surface area contributed by atoms with Crippen molar-refractivity contribution in [1.82, 2.24) is 10.2 Å². The van der Waals surface area contributed by atoms with Crippen molar-refractivity contribution in [3.8, 4) is 0 Å². The van der Waals surface area contributed by atoms with Gasteiger partial charge in [0, 0.05) is 6.42 Å². The summed E-state index contributed by atoms with van der Waals surface area (Å²) >= 11 is 4.13. The van der Waals surface area contributed by atoms with Crippen LogP contribution in [0.15, 0.2) is 0 Å². The quantitative estimate of drug-likeness (QED) is 0.315. The number of thiol groups is 1. The fourth-order valence-electron chi connectivity index (χ4n) is 2.16. The van der Waals surface area contributed by atoms with Crippen molar-refractivity contribution >= 4 is 32.4 Å². The topological polar surface area (TPSA) is 146 Å². The molecule has 10 nitrogen and oxygen atoms in total. The number of phosphoric ester groups is 1. The highest BCUT2D eigenvalue weighted by molar-refractivity contribution is 7.80. The first-order chi connectivity index (χ1) is 9.67. The van der Waals surface area contributed by atoms with Gasteiger partial charge in [0.05, 0.1) is 24.5 Å². The molecule has 2 rings (SSSR count). The SMILES string of the molecule is O=C1CC(S)N(C2CC(O)C(COP(=O)(O)O)O2)C(=O)N1. The Morgan fingerprint density at radius 1 is 1.48 bits per heavy atom. The van der Waals surface area contributed by atoms with E-state index in [0.29, 0.717) is 0 Å². The molecule has 0 spiro atoms. The number of phosphoric acid groups is 1. The Morgan fingerprint density at radius 3 is 2.71 bits per heavy atom. The van der Waals surface area contributed by atoms with E-state index in [-0.39, 0.29) is 12.8 Å². The lowest BCUT2D eigenvalue weighted by Gasteiger charge is -2.36. The van der Waals surface area contributed by atoms with Gasteiger partial charge in [-0.2, -0.15) is 12.6 Å². The molecule has 4 unspecified atom stereocenters. The summed E-state index contributed by atoms with van der Waals surface area (Å²) in [6, 6.07) is -0.694. The lowest BCUT2D eigenvalue weighted by atomic mass is 10.2. The van der Waals surface area contributed by atoms with Gasteiger partial charge >= 0.3 is 13.9 Å². The van der Waals surface area contributed by atoms with E-state index in [1.54, 1.807) is 0 Å². The van der Waals surface area contributed by atoms with Gasteiger partial charge in [-0.25, -0.2) is 9.36 Å². The number of amides is 3. The Morgan fingerprint density at radius 2 is 2.14 bits per heavy atom. The van der Waals surface area contributed by atoms with Crippen molar-refractivity contribution in [2.45, 2.75) is 36.7 Å². The van der Waals surface area contributed by atoms with Crippen molar-refractivity contribution in [2.24, 2.45) is 0 Å². The van der Waals surface area contributed by atoms with Crippen LogP contribution in [0.1, 0.15) is 12.8 Å². The van der Waals surface area contributed by atoms with Gasteiger partial charge < -0.3 is 19.6 Å². The lowest BCUT2D eigenvalue weighted by Crippen LogP contribution is -2.57. The van der Waals surface area contributed by atoms with E-state index in [1.165, 1.54) is 0 Å². The molecular formula is C9H15N2O8PS. The van der Waals surface area contributed by atoms with Crippen LogP contribution in [0.4, 0.5) is 4.79 Å². The number of rotatable bonds is 4. The summed E-state index contributed by atoms with van der Waals surface area (Å²) in [4.78, 5) is 41.3. The second kappa shape index (κ2) is 6.21. The van der Waals surface area contributed by atoms with Crippen LogP contribution in [-0.2, 0) is 18.6 Å². The van der Waals surface area contributed by atoms with E-state index in [4.69, 9.17) is 14.5 Å². The van der Waals surface area contributed by atoms with Crippen LogP contribution in [0.5, 0.6) is 0 Å². The monoisotopic (exact) mass is 342 g/mol. The minimum atomic E-state index is -4.67. The summed E-state index contributed by atoms with van der Waals surface area (Å²) in [6.45, 7) is -0.520. The van der Waals surface area contributed by atoms with Crippen molar-refractivity contribution in [2.75, 3.05) is 6.61 Å². The van der Waals surface area contributed by atoms with Crippen molar-refractivity contribution in [1.29, 1.82) is 0 Å². The van der Waals surface area contributed by atoms with Gasteiger partial charge in [-0.15, -0.1) is 0 Å². The summed E-state index contributed by atoms with van der Waals surface area (Å²) in [5, 5.41) is 11.2. The zero-order valence-electron chi connectivity index (χ0n) is 10.7. The minimum absolute atomic E-state index is 0.0194. The molecule has 2 aliphatic heterocycles. The first-order valence-electron chi connectivity index (χ1n) is 6.01. The Bertz CT molecular complexity index is 484. The molecule has 2 fully saturated rings. The van der Waals surface area contributed by atoms with Gasteiger partial charge in [0.1, 0.15) is 12.3 Å². The van der Waals surface area contributed by atoms with Crippen molar-refractivity contribution in [3.63, 3.8) is 0 Å². The molecule has 2 heterocycles. The number of aliphatic hydroxyl groups excluding tert-OH is 1. The molecule has 120 valence electrons. The highest BCUT2D eigenvalue weighted by atomic mass is 32.1. The number of nitrogens with zero attached hydrogens (tertiary/aromatic N) is 1. The van der Waals surface area contributed by atoms with Crippen molar-refractivity contribution < 1.29 is 38.3 Å². The second-order valence-corrected chi connectivity index (χ2v) is 6.50. The third kappa shape index (κ3) is 4.16. The number of urea groups is 1. The van der Waals surface area contributed by atoms with Gasteiger partial charge in [0.15, 0.2) is 0 Å². The summed E-state index contributed by atoms with van der Waals surface area (Å²) in [5.74, 6) is -0.462. The summed E-state index contributed by atoms with van der Waals surface area (Å²) in [7, 11) is -4.67. The average Bonchev–Trinajstić information content (AvgIpc) is 2.65. The van der Waals surface area contributed by atoms with E-state index >= 15 is 0 Å². The number of carbonyl (C=O) groups is 2. The number of carbonyl (C=O) groups excluding carboxylic acids is 2. The number of ether oxygens (including phenoxy) is 1.